The van der Waals surface area contributed by atoms with E-state index in [2.05, 4.69) is 10.6 Å². The van der Waals surface area contributed by atoms with E-state index in [1.54, 1.807) is 4.90 Å². The molecule has 1 aromatic rings. The largest absolute Gasteiger partial charge is 0.377 e. The zero-order valence-electron chi connectivity index (χ0n) is 24.5. The summed E-state index contributed by atoms with van der Waals surface area (Å²) in [5.74, 6) is -1.70. The molecule has 0 unspecified atom stereocenters. The van der Waals surface area contributed by atoms with Gasteiger partial charge in [-0.05, 0) is 37.3 Å². The molecule has 13 nitrogen and oxygen atoms in total. The Hall–Kier alpha value is -3.94. The summed E-state index contributed by atoms with van der Waals surface area (Å²) < 4.78 is 10.6. The lowest BCUT2D eigenvalue weighted by Crippen LogP contribution is -2.53. The number of carbonyl (C=O) groups excluding carboxylic acids is 6. The number of hydrogen-bond donors (Lipinski definition) is 3. The Bertz CT molecular complexity index is 1180. The van der Waals surface area contributed by atoms with E-state index in [-0.39, 0.29) is 69.4 Å². The van der Waals surface area contributed by atoms with Crippen LogP contribution in [0.1, 0.15) is 43.7 Å². The van der Waals surface area contributed by atoms with Crippen molar-refractivity contribution in [3.05, 3.63) is 47.5 Å². The SMILES string of the molecule is CC(=O)[C@@H]1Cc2ccccc2CN1C(=O)[C@@H](N)CCCCNC(=O)COCCOCCNC(=O)CCN1C(=O)C=CC1=O. The highest BCUT2D eigenvalue weighted by molar-refractivity contribution is 6.13. The van der Waals surface area contributed by atoms with Crippen LogP contribution in [0.3, 0.4) is 0 Å². The van der Waals surface area contributed by atoms with Gasteiger partial charge < -0.3 is 30.7 Å². The summed E-state index contributed by atoms with van der Waals surface area (Å²) in [6, 6.07) is 6.58. The lowest BCUT2D eigenvalue weighted by molar-refractivity contribution is -0.141. The molecule has 13 heteroatoms. The topological polar surface area (TPSA) is 177 Å². The number of carbonyl (C=O) groups is 6. The summed E-state index contributed by atoms with van der Waals surface area (Å²) in [6.45, 7) is 3.14. The van der Waals surface area contributed by atoms with Gasteiger partial charge in [-0.15, -0.1) is 0 Å². The van der Waals surface area contributed by atoms with Crippen molar-refractivity contribution in [2.24, 2.45) is 5.73 Å². The third-order valence-electron chi connectivity index (χ3n) is 7.22. The van der Waals surface area contributed by atoms with Gasteiger partial charge in [0, 0.05) is 51.2 Å². The fourth-order valence-electron chi connectivity index (χ4n) is 4.82. The third-order valence-corrected chi connectivity index (χ3v) is 7.22. The number of fused-ring (bicyclic) bond motifs is 1. The first-order chi connectivity index (χ1) is 20.7. The van der Waals surface area contributed by atoms with Gasteiger partial charge in [-0.1, -0.05) is 24.3 Å². The molecule has 234 valence electrons. The van der Waals surface area contributed by atoms with E-state index < -0.39 is 23.9 Å². The normalized spacial score (nSPS) is 16.7. The zero-order valence-corrected chi connectivity index (χ0v) is 24.5. The van der Waals surface area contributed by atoms with Gasteiger partial charge in [-0.3, -0.25) is 33.7 Å². The summed E-state index contributed by atoms with van der Waals surface area (Å²) in [5, 5.41) is 5.40. The fraction of sp³-hybridized carbons (Fsp3) is 0.533. The van der Waals surface area contributed by atoms with E-state index in [9.17, 15) is 28.8 Å². The average molecular weight is 600 g/mol. The Morgan fingerprint density at radius 3 is 2.33 bits per heavy atom. The Morgan fingerprint density at radius 1 is 0.930 bits per heavy atom. The molecule has 0 saturated carbocycles. The van der Waals surface area contributed by atoms with Crippen LogP contribution in [0.25, 0.3) is 0 Å². The lowest BCUT2D eigenvalue weighted by atomic mass is 9.91. The number of nitrogens with one attached hydrogen (secondary N) is 2. The molecular weight excluding hydrogens is 558 g/mol. The summed E-state index contributed by atoms with van der Waals surface area (Å²) in [5.41, 5.74) is 8.30. The van der Waals surface area contributed by atoms with Crippen LogP contribution >= 0.6 is 0 Å². The van der Waals surface area contributed by atoms with Gasteiger partial charge in [0.25, 0.3) is 11.8 Å². The fourth-order valence-corrected chi connectivity index (χ4v) is 4.82. The van der Waals surface area contributed by atoms with Crippen molar-refractivity contribution in [3.8, 4) is 0 Å². The number of nitrogens with zero attached hydrogens (tertiary/aromatic N) is 2. The van der Waals surface area contributed by atoms with Gasteiger partial charge in [0.2, 0.25) is 17.7 Å². The van der Waals surface area contributed by atoms with Gasteiger partial charge in [0.15, 0.2) is 5.78 Å². The molecule has 2 heterocycles. The maximum atomic E-state index is 13.1. The highest BCUT2D eigenvalue weighted by atomic mass is 16.5. The van der Waals surface area contributed by atoms with Crippen molar-refractivity contribution in [2.75, 3.05) is 46.1 Å². The van der Waals surface area contributed by atoms with E-state index in [0.29, 0.717) is 38.8 Å². The van der Waals surface area contributed by atoms with Gasteiger partial charge in [0.1, 0.15) is 6.61 Å². The van der Waals surface area contributed by atoms with Crippen LogP contribution in [0, 0.1) is 0 Å². The first-order valence-corrected chi connectivity index (χ1v) is 14.5. The maximum Gasteiger partial charge on any atom is 0.253 e. The molecule has 4 N–H and O–H groups in total. The number of benzene rings is 1. The molecule has 2 atom stereocenters. The number of Topliss-reactive ketones (excluding diaryl/α,β-unsaturated/α-hetero) is 1. The summed E-state index contributed by atoms with van der Waals surface area (Å²) in [7, 11) is 0. The minimum absolute atomic E-state index is 0.0118. The minimum Gasteiger partial charge on any atom is -0.377 e. The van der Waals surface area contributed by atoms with Gasteiger partial charge in [0.05, 0.1) is 31.9 Å². The molecule has 0 aromatic heterocycles. The van der Waals surface area contributed by atoms with Crippen LogP contribution in [-0.2, 0) is 51.2 Å². The van der Waals surface area contributed by atoms with E-state index in [1.165, 1.54) is 19.1 Å². The van der Waals surface area contributed by atoms with Crippen LogP contribution in [0.4, 0.5) is 0 Å². The van der Waals surface area contributed by atoms with Gasteiger partial charge in [-0.25, -0.2) is 0 Å². The first kappa shape index (κ1) is 33.6. The number of imide groups is 1. The third kappa shape index (κ3) is 10.7. The van der Waals surface area contributed by atoms with Gasteiger partial charge in [-0.2, -0.15) is 0 Å². The van der Waals surface area contributed by atoms with Crippen LogP contribution in [0.15, 0.2) is 36.4 Å². The molecule has 1 aromatic carbocycles. The number of rotatable bonds is 18. The Morgan fingerprint density at radius 2 is 1.60 bits per heavy atom. The summed E-state index contributed by atoms with van der Waals surface area (Å²) in [4.78, 5) is 74.6. The molecule has 43 heavy (non-hydrogen) atoms. The number of hydrogen-bond acceptors (Lipinski definition) is 9. The quantitative estimate of drug-likeness (QED) is 0.150. The number of unbranched alkanes of at least 4 members (excludes halogenated alkanes) is 1. The van der Waals surface area contributed by atoms with Gasteiger partial charge >= 0.3 is 0 Å². The van der Waals surface area contributed by atoms with Crippen molar-refractivity contribution in [1.29, 1.82) is 0 Å². The van der Waals surface area contributed by atoms with Crippen LogP contribution in [0.5, 0.6) is 0 Å². The molecule has 2 aliphatic heterocycles. The number of nitrogens with two attached hydrogens (primary N) is 1. The number of ketones is 1. The highest BCUT2D eigenvalue weighted by Crippen LogP contribution is 2.24. The summed E-state index contributed by atoms with van der Waals surface area (Å²) in [6.07, 6.45) is 4.58. The molecule has 0 bridgehead atoms. The van der Waals surface area contributed by atoms with Crippen LogP contribution in [-0.4, -0.2) is 103 Å². The Kier molecular flexibility index (Phi) is 13.5. The van der Waals surface area contributed by atoms with E-state index in [1.807, 2.05) is 24.3 Å². The van der Waals surface area contributed by atoms with Crippen LogP contribution < -0.4 is 16.4 Å². The number of amides is 5. The minimum atomic E-state index is -0.719. The molecule has 0 saturated heterocycles. The van der Waals surface area contributed by atoms with Crippen molar-refractivity contribution in [3.63, 3.8) is 0 Å². The molecule has 5 amide bonds. The second kappa shape index (κ2) is 17.2. The predicted octanol–water partition coefficient (Wildman–Crippen LogP) is -0.393. The zero-order chi connectivity index (χ0) is 31.2. The molecular formula is C30H41N5O8. The summed E-state index contributed by atoms with van der Waals surface area (Å²) >= 11 is 0. The molecule has 0 fully saturated rings. The maximum absolute atomic E-state index is 13.1. The van der Waals surface area contributed by atoms with Crippen molar-refractivity contribution in [1.82, 2.24) is 20.4 Å². The van der Waals surface area contributed by atoms with Crippen molar-refractivity contribution in [2.45, 2.75) is 57.7 Å². The van der Waals surface area contributed by atoms with Crippen molar-refractivity contribution >= 4 is 35.3 Å². The molecule has 2 aliphatic rings. The Balaban J connectivity index is 1.17. The Labute approximate surface area is 251 Å². The number of ether oxygens (including phenoxy) is 2. The second-order valence-corrected chi connectivity index (χ2v) is 10.4. The highest BCUT2D eigenvalue weighted by Gasteiger charge is 2.34. The van der Waals surface area contributed by atoms with E-state index in [0.717, 1.165) is 16.0 Å². The smallest absolute Gasteiger partial charge is 0.253 e. The van der Waals surface area contributed by atoms with E-state index in [4.69, 9.17) is 15.2 Å². The molecule has 0 radical (unpaired) electrons. The van der Waals surface area contributed by atoms with Crippen molar-refractivity contribution < 1.29 is 38.2 Å². The predicted molar refractivity (Wildman–Crippen MR) is 155 cm³/mol. The second-order valence-electron chi connectivity index (χ2n) is 10.4. The molecule has 0 aliphatic carbocycles. The van der Waals surface area contributed by atoms with E-state index >= 15 is 0 Å². The average Bonchev–Trinajstić information content (AvgIpc) is 3.32. The molecule has 3 rings (SSSR count). The first-order valence-electron chi connectivity index (χ1n) is 14.5. The molecule has 0 spiro atoms. The standard InChI is InChI=1S/C30H41N5O8/c1-21(36)25-18-22-6-2-3-7-23(22)19-35(25)30(41)24(31)8-4-5-12-32-27(38)20-43-17-16-42-15-13-33-26(37)11-14-34-28(39)9-10-29(34)40/h2-3,6-7,9-10,24-25H,4-5,8,11-20,31H2,1H3,(H,32,38)(H,33,37)/t24-,25-/m0/s1. The van der Waals surface area contributed by atoms with Crippen LogP contribution in [0.2, 0.25) is 0 Å². The monoisotopic (exact) mass is 599 g/mol. The lowest BCUT2D eigenvalue weighted by Gasteiger charge is -2.37.